The van der Waals surface area contributed by atoms with Gasteiger partial charge in [0.1, 0.15) is 34.2 Å². The Bertz CT molecular complexity index is 3510. The molecule has 2 saturated heterocycles. The first kappa shape index (κ1) is 57.9. The smallest absolute Gasteiger partial charge is 0.275 e. The number of unbranched alkanes of at least 4 members (excludes halogenated alkanes) is 1. The Kier molecular flexibility index (Phi) is 18.5. The van der Waals surface area contributed by atoms with Crippen molar-refractivity contribution in [3.8, 4) is 39.7 Å². The van der Waals surface area contributed by atoms with Crippen LogP contribution in [0.1, 0.15) is 123 Å². The largest absolute Gasteiger partial charge is 0.491 e. The Balaban J connectivity index is 0.000000145. The molecule has 3 aliphatic rings. The lowest BCUT2D eigenvalue weighted by Gasteiger charge is -2.34. The molecular weight excluding hydrogens is 1030 g/mol. The van der Waals surface area contributed by atoms with Gasteiger partial charge in [-0.3, -0.25) is 15.3 Å². The number of hydrogen-bond donors (Lipinski definition) is 4. The van der Waals surface area contributed by atoms with E-state index in [0.29, 0.717) is 36.2 Å². The molecule has 0 spiro atoms. The van der Waals surface area contributed by atoms with E-state index in [0.717, 1.165) is 149 Å². The predicted molar refractivity (Wildman–Crippen MR) is 316 cm³/mol. The van der Waals surface area contributed by atoms with E-state index in [2.05, 4.69) is 82.8 Å². The number of aromatic amines is 3. The summed E-state index contributed by atoms with van der Waals surface area (Å²) in [6, 6.07) is 22.3. The minimum absolute atomic E-state index is 0.00410. The van der Waals surface area contributed by atoms with Crippen molar-refractivity contribution in [2.45, 2.75) is 131 Å². The van der Waals surface area contributed by atoms with Crippen molar-refractivity contribution < 1.29 is 23.0 Å². The number of aromatic nitrogens is 12. The number of anilines is 3. The minimum Gasteiger partial charge on any atom is -0.491 e. The maximum Gasteiger partial charge on any atom is 0.275 e. The molecule has 17 nitrogen and oxygen atoms in total. The number of nitrogens with one attached hydrogen (secondary N) is 3. The normalized spacial score (nSPS) is 14.9. The molecule has 0 amide bonds. The summed E-state index contributed by atoms with van der Waals surface area (Å²) in [4.78, 5) is 6.60. The van der Waals surface area contributed by atoms with Crippen LogP contribution in [0.2, 0.25) is 0 Å². The number of aliphatic hydroxyl groups excluding tert-OH is 1. The molecule has 0 bridgehead atoms. The SMILES string of the molecule is CC.CC(C)C(F)(F)c1ccc2[nH]nc(-c3cnnc(N4CCCC4)c3)c2c1.CCCCN(CCO)c1cc(-c2n[nH]c3ccc(OC(C)C)cc23)nnc1C.FC1(c2ccc3[nH]nc(-c4cnnc(N5CCCC5)c4)c3c2)CCC1. The number of alkyl halides is 3. The molecule has 9 aromatic rings. The lowest BCUT2D eigenvalue weighted by Crippen LogP contribution is -2.28. The van der Waals surface area contributed by atoms with Crippen LogP contribution in [0.25, 0.3) is 66.6 Å². The summed E-state index contributed by atoms with van der Waals surface area (Å²) in [6.45, 7) is 20.7. The van der Waals surface area contributed by atoms with Crippen LogP contribution < -0.4 is 19.4 Å². The van der Waals surface area contributed by atoms with E-state index >= 15 is 0 Å². The van der Waals surface area contributed by atoms with Crippen LogP contribution in [0.4, 0.5) is 30.5 Å². The Labute approximate surface area is 471 Å². The number of nitrogens with zero attached hydrogens (tertiary/aromatic N) is 12. The van der Waals surface area contributed by atoms with Gasteiger partial charge in [-0.1, -0.05) is 53.2 Å². The van der Waals surface area contributed by atoms with E-state index in [1.54, 1.807) is 18.5 Å². The first-order valence-corrected chi connectivity index (χ1v) is 28.8. The van der Waals surface area contributed by atoms with E-state index in [1.807, 2.05) is 89.2 Å². The van der Waals surface area contributed by atoms with Gasteiger partial charge >= 0.3 is 0 Å². The zero-order chi connectivity index (χ0) is 57.3. The van der Waals surface area contributed by atoms with E-state index in [1.165, 1.54) is 38.8 Å². The number of ether oxygens (including phenoxy) is 1. The molecule has 81 heavy (non-hydrogen) atoms. The number of H-pyrrole nitrogens is 3. The molecule has 1 aliphatic carbocycles. The summed E-state index contributed by atoms with van der Waals surface area (Å²) in [7, 11) is 0. The fourth-order valence-corrected chi connectivity index (χ4v) is 10.5. The molecule has 8 heterocycles. The Morgan fingerprint density at radius 2 is 1.21 bits per heavy atom. The summed E-state index contributed by atoms with van der Waals surface area (Å²) >= 11 is 0. The van der Waals surface area contributed by atoms with Crippen molar-refractivity contribution >= 4 is 50.0 Å². The topological polar surface area (TPSA) is 203 Å². The average molecular weight is 1110 g/mol. The van der Waals surface area contributed by atoms with Crippen molar-refractivity contribution in [1.82, 2.24) is 61.2 Å². The molecule has 1 saturated carbocycles. The van der Waals surface area contributed by atoms with E-state index in [4.69, 9.17) is 4.74 Å². The lowest BCUT2D eigenvalue weighted by atomic mass is 9.76. The van der Waals surface area contributed by atoms with Crippen LogP contribution in [-0.4, -0.2) is 118 Å². The van der Waals surface area contributed by atoms with Gasteiger partial charge in [0.25, 0.3) is 5.92 Å². The zero-order valence-electron chi connectivity index (χ0n) is 47.9. The van der Waals surface area contributed by atoms with Crippen molar-refractivity contribution in [2.75, 3.05) is 60.6 Å². The molecule has 12 rings (SSSR count). The fourth-order valence-electron chi connectivity index (χ4n) is 10.5. The fraction of sp³-hybridized carbons (Fsp3) is 0.459. The Morgan fingerprint density at radius 1 is 0.667 bits per heavy atom. The third-order valence-electron chi connectivity index (χ3n) is 15.2. The van der Waals surface area contributed by atoms with Crippen molar-refractivity contribution in [2.24, 2.45) is 5.92 Å². The van der Waals surface area contributed by atoms with Crippen LogP contribution in [0.3, 0.4) is 0 Å². The van der Waals surface area contributed by atoms with Crippen molar-refractivity contribution in [3.63, 3.8) is 0 Å². The van der Waals surface area contributed by atoms with E-state index in [-0.39, 0.29) is 18.3 Å². The van der Waals surface area contributed by atoms with Gasteiger partial charge in [-0.2, -0.15) is 30.6 Å². The lowest BCUT2D eigenvalue weighted by molar-refractivity contribution is -0.0512. The maximum absolute atomic E-state index is 14.8. The van der Waals surface area contributed by atoms with Gasteiger partial charge in [-0.05, 0) is 138 Å². The number of rotatable bonds is 16. The quantitative estimate of drug-likeness (QED) is 0.0711. The van der Waals surface area contributed by atoms with Crippen LogP contribution in [0.5, 0.6) is 5.75 Å². The first-order chi connectivity index (χ1) is 39.2. The summed E-state index contributed by atoms with van der Waals surface area (Å²) in [5.41, 5.74) is 8.57. The van der Waals surface area contributed by atoms with Crippen LogP contribution in [-0.2, 0) is 11.6 Å². The molecule has 20 heteroatoms. The molecule has 0 radical (unpaired) electrons. The Hall–Kier alpha value is -7.74. The summed E-state index contributed by atoms with van der Waals surface area (Å²) in [5, 5.41) is 59.9. The Morgan fingerprint density at radius 3 is 1.74 bits per heavy atom. The van der Waals surface area contributed by atoms with Crippen LogP contribution in [0.15, 0.2) is 85.2 Å². The molecule has 428 valence electrons. The summed E-state index contributed by atoms with van der Waals surface area (Å²) in [5.74, 6) is -1.17. The predicted octanol–water partition coefficient (Wildman–Crippen LogP) is 13.1. The maximum atomic E-state index is 14.8. The second kappa shape index (κ2) is 25.8. The van der Waals surface area contributed by atoms with E-state index < -0.39 is 17.5 Å². The highest BCUT2D eigenvalue weighted by molar-refractivity contribution is 5.95. The highest BCUT2D eigenvalue weighted by Gasteiger charge is 2.39. The number of benzene rings is 3. The standard InChI is InChI=1S/C21H29N5O2.C19H21F2N5.C19H20FN5.C2H6/c1-5-6-9-26(10-11-27)20-13-19(24-22-15(20)4)21-17-12-16(28-14(2)3)7-8-18(17)23-25-21;1-12(2)19(20,21)14-5-6-16-15(10-14)18(25-23-16)13-9-17(24-22-11-13)26-7-3-4-8-26;20-19(6-3-7-19)14-4-5-16-15(11-14)18(24-22-16)13-10-17(23-21-12-13)25-8-1-2-9-25;1-2/h7-8,12-14,27H,5-6,9-11H2,1-4H3,(H,23,25);5-6,9-12H,3-4,7-8H2,1-2H3,(H,23,25);4-5,10-12H,1-3,6-9H2,(H,22,24);1-2H3. The molecule has 3 aromatic carbocycles. The molecule has 3 fully saturated rings. The molecule has 0 atom stereocenters. The van der Waals surface area contributed by atoms with Gasteiger partial charge in [-0.15, -0.1) is 15.3 Å². The molecule has 2 aliphatic heterocycles. The monoisotopic (exact) mass is 1110 g/mol. The first-order valence-electron chi connectivity index (χ1n) is 28.8. The molecule has 0 unspecified atom stereocenters. The second-order valence-corrected chi connectivity index (χ2v) is 21.5. The van der Waals surface area contributed by atoms with Gasteiger partial charge < -0.3 is 24.5 Å². The van der Waals surface area contributed by atoms with Gasteiger partial charge in [0.15, 0.2) is 11.6 Å². The van der Waals surface area contributed by atoms with Gasteiger partial charge in [-0.25, -0.2) is 13.2 Å². The van der Waals surface area contributed by atoms with Crippen molar-refractivity contribution in [1.29, 1.82) is 0 Å². The van der Waals surface area contributed by atoms with Gasteiger partial charge in [0.2, 0.25) is 0 Å². The number of aliphatic hydroxyl groups is 1. The molecule has 4 N–H and O–H groups in total. The highest BCUT2D eigenvalue weighted by atomic mass is 19.3. The zero-order valence-corrected chi connectivity index (χ0v) is 47.9. The summed E-state index contributed by atoms with van der Waals surface area (Å²) < 4.78 is 49.6. The number of fused-ring (bicyclic) bond motifs is 3. The second-order valence-electron chi connectivity index (χ2n) is 21.5. The van der Waals surface area contributed by atoms with Crippen LogP contribution >= 0.6 is 0 Å². The number of aryl methyl sites for hydroxylation is 1. The number of hydrogen-bond acceptors (Lipinski definition) is 14. The average Bonchev–Trinajstić information content (AvgIpc) is 4.53. The molecule has 6 aromatic heterocycles. The highest BCUT2D eigenvalue weighted by Crippen LogP contribution is 2.46. The van der Waals surface area contributed by atoms with E-state index in [9.17, 15) is 18.3 Å². The minimum atomic E-state index is -2.89. The third kappa shape index (κ3) is 12.9. The van der Waals surface area contributed by atoms with Gasteiger partial charge in [0.05, 0.1) is 53.0 Å². The number of halogens is 3. The van der Waals surface area contributed by atoms with Gasteiger partial charge in [0, 0.05) is 78.0 Å². The van der Waals surface area contributed by atoms with Crippen LogP contribution in [0, 0.1) is 12.8 Å². The molecular formula is C61H76F3N15O2. The third-order valence-corrected chi connectivity index (χ3v) is 15.2. The summed E-state index contributed by atoms with van der Waals surface area (Å²) in [6.07, 6.45) is 12.5. The van der Waals surface area contributed by atoms with Crippen molar-refractivity contribution in [3.05, 3.63) is 102 Å².